The van der Waals surface area contributed by atoms with Crippen LogP contribution in [0.2, 0.25) is 0 Å². The molecule has 3 nitrogen and oxygen atoms in total. The van der Waals surface area contributed by atoms with E-state index >= 15 is 0 Å². The number of alkyl halides is 3. The molecule has 0 amide bonds. The second kappa shape index (κ2) is 4.70. The van der Waals surface area contributed by atoms with Gasteiger partial charge < -0.3 is 10.8 Å². The largest absolute Gasteiger partial charge is 0.480 e. The molecule has 0 aliphatic rings. The molecule has 0 unspecified atom stereocenters. The Balaban J connectivity index is 3.01. The van der Waals surface area contributed by atoms with E-state index in [1.807, 2.05) is 0 Å². The highest BCUT2D eigenvalue weighted by Crippen LogP contribution is 2.32. The number of hydrogen-bond donors (Lipinski definition) is 2. The van der Waals surface area contributed by atoms with Crippen molar-refractivity contribution in [1.29, 1.82) is 0 Å². The van der Waals surface area contributed by atoms with Crippen molar-refractivity contribution < 1.29 is 27.5 Å². The van der Waals surface area contributed by atoms with Crippen LogP contribution in [0, 0.1) is 5.82 Å². The number of halogens is 4. The zero-order valence-corrected chi connectivity index (χ0v) is 8.46. The van der Waals surface area contributed by atoms with E-state index in [1.165, 1.54) is 0 Å². The van der Waals surface area contributed by atoms with Crippen LogP contribution in [0.25, 0.3) is 0 Å². The second-order valence-electron chi connectivity index (χ2n) is 3.46. The van der Waals surface area contributed by atoms with Gasteiger partial charge in [-0.1, -0.05) is 6.07 Å². The topological polar surface area (TPSA) is 63.3 Å². The maximum Gasteiger partial charge on any atom is 0.419 e. The maximum absolute atomic E-state index is 12.9. The minimum absolute atomic E-state index is 0.0219. The van der Waals surface area contributed by atoms with Gasteiger partial charge in [0.1, 0.15) is 11.9 Å². The fourth-order valence-electron chi connectivity index (χ4n) is 1.26. The van der Waals surface area contributed by atoms with Gasteiger partial charge in [0.2, 0.25) is 0 Å². The third-order valence-electron chi connectivity index (χ3n) is 2.11. The Morgan fingerprint density at radius 2 is 2.00 bits per heavy atom. The van der Waals surface area contributed by atoms with Gasteiger partial charge in [0, 0.05) is 0 Å². The first kappa shape index (κ1) is 13.4. The Morgan fingerprint density at radius 1 is 1.41 bits per heavy atom. The highest BCUT2D eigenvalue weighted by atomic mass is 19.4. The van der Waals surface area contributed by atoms with Crippen molar-refractivity contribution in [2.75, 3.05) is 0 Å². The number of rotatable bonds is 3. The van der Waals surface area contributed by atoms with Crippen LogP contribution in [0.15, 0.2) is 18.2 Å². The summed E-state index contributed by atoms with van der Waals surface area (Å²) in [6.07, 6.45) is -5.11. The SMILES string of the molecule is N[C@@H](Cc1ccc(F)c(C(F)(F)F)c1)C(=O)O. The molecule has 0 fully saturated rings. The summed E-state index contributed by atoms with van der Waals surface area (Å²) in [6.45, 7) is 0. The van der Waals surface area contributed by atoms with Crippen LogP contribution >= 0.6 is 0 Å². The third-order valence-corrected chi connectivity index (χ3v) is 2.11. The van der Waals surface area contributed by atoms with Gasteiger partial charge >= 0.3 is 12.1 Å². The van der Waals surface area contributed by atoms with Gasteiger partial charge in [0.25, 0.3) is 0 Å². The molecule has 0 aliphatic heterocycles. The summed E-state index contributed by atoms with van der Waals surface area (Å²) in [5.41, 5.74) is 3.77. The van der Waals surface area contributed by atoms with Crippen LogP contribution < -0.4 is 5.73 Å². The number of carbonyl (C=O) groups is 1. The van der Waals surface area contributed by atoms with E-state index in [4.69, 9.17) is 10.8 Å². The number of carboxylic acids is 1. The molecular formula is C10H9F4NO2. The average molecular weight is 251 g/mol. The molecule has 0 aliphatic carbocycles. The molecule has 1 aromatic carbocycles. The quantitative estimate of drug-likeness (QED) is 0.805. The maximum atomic E-state index is 12.9. The Hall–Kier alpha value is -1.63. The fourth-order valence-corrected chi connectivity index (χ4v) is 1.26. The Kier molecular flexibility index (Phi) is 3.72. The highest BCUT2D eigenvalue weighted by Gasteiger charge is 2.34. The Morgan fingerprint density at radius 3 is 2.47 bits per heavy atom. The van der Waals surface area contributed by atoms with Gasteiger partial charge in [-0.15, -0.1) is 0 Å². The molecule has 0 saturated carbocycles. The first-order valence-electron chi connectivity index (χ1n) is 4.56. The summed E-state index contributed by atoms with van der Waals surface area (Å²) in [5.74, 6) is -2.73. The third kappa shape index (κ3) is 3.42. The lowest BCUT2D eigenvalue weighted by Gasteiger charge is -2.11. The molecule has 0 heterocycles. The van der Waals surface area contributed by atoms with Crippen LogP contribution in [0.3, 0.4) is 0 Å². The predicted octanol–water partition coefficient (Wildman–Crippen LogP) is 1.80. The van der Waals surface area contributed by atoms with Gasteiger partial charge in [0.05, 0.1) is 5.56 Å². The first-order chi connectivity index (χ1) is 7.71. The summed E-state index contributed by atoms with van der Waals surface area (Å²) < 4.78 is 49.9. The Bertz CT molecular complexity index is 431. The normalized spacial score (nSPS) is 13.5. The first-order valence-corrected chi connectivity index (χ1v) is 4.56. The molecule has 17 heavy (non-hydrogen) atoms. The van der Waals surface area contributed by atoms with E-state index in [1.54, 1.807) is 0 Å². The summed E-state index contributed by atoms with van der Waals surface area (Å²) in [7, 11) is 0. The van der Waals surface area contributed by atoms with Crippen molar-refractivity contribution in [3.8, 4) is 0 Å². The molecule has 0 saturated heterocycles. The lowest BCUT2D eigenvalue weighted by molar-refractivity contribution is -0.140. The summed E-state index contributed by atoms with van der Waals surface area (Å²) in [5, 5.41) is 8.51. The molecule has 1 aromatic rings. The van der Waals surface area contributed by atoms with Gasteiger partial charge in [-0.05, 0) is 24.1 Å². The number of benzene rings is 1. The van der Waals surface area contributed by atoms with Gasteiger partial charge in [-0.2, -0.15) is 13.2 Å². The molecule has 0 bridgehead atoms. The monoisotopic (exact) mass is 251 g/mol. The van der Waals surface area contributed by atoms with E-state index in [2.05, 4.69) is 0 Å². The number of carboxylic acid groups (broad SMARTS) is 1. The lowest BCUT2D eigenvalue weighted by atomic mass is 10.0. The molecule has 0 spiro atoms. The summed E-state index contributed by atoms with van der Waals surface area (Å²) in [6, 6.07) is 0.972. The smallest absolute Gasteiger partial charge is 0.419 e. The van der Waals surface area contributed by atoms with Crippen molar-refractivity contribution in [2.45, 2.75) is 18.6 Å². The summed E-state index contributed by atoms with van der Waals surface area (Å²) in [4.78, 5) is 10.4. The standard InChI is InChI=1S/C10H9F4NO2/c11-7-2-1-5(4-8(15)9(16)17)3-6(7)10(12,13)14/h1-3,8H,4,15H2,(H,16,17)/t8-/m0/s1. The molecule has 1 rings (SSSR count). The van der Waals surface area contributed by atoms with Crippen LogP contribution in [0.4, 0.5) is 17.6 Å². The van der Waals surface area contributed by atoms with E-state index in [0.29, 0.717) is 12.1 Å². The molecule has 1 atom stereocenters. The van der Waals surface area contributed by atoms with Crippen molar-refractivity contribution in [2.24, 2.45) is 5.73 Å². The molecule has 3 N–H and O–H groups in total. The minimum Gasteiger partial charge on any atom is -0.480 e. The molecular weight excluding hydrogens is 242 g/mol. The molecule has 0 aromatic heterocycles. The van der Waals surface area contributed by atoms with Crippen molar-refractivity contribution in [1.82, 2.24) is 0 Å². The Labute approximate surface area is 93.8 Å². The van der Waals surface area contributed by atoms with Gasteiger partial charge in [-0.3, -0.25) is 4.79 Å². The van der Waals surface area contributed by atoms with E-state index in [9.17, 15) is 22.4 Å². The van der Waals surface area contributed by atoms with Crippen molar-refractivity contribution in [3.63, 3.8) is 0 Å². The predicted molar refractivity (Wildman–Crippen MR) is 50.7 cm³/mol. The van der Waals surface area contributed by atoms with Crippen LogP contribution in [-0.2, 0) is 17.4 Å². The lowest BCUT2D eigenvalue weighted by Crippen LogP contribution is -2.32. The average Bonchev–Trinajstić information content (AvgIpc) is 2.19. The summed E-state index contributed by atoms with van der Waals surface area (Å²) >= 11 is 0. The fraction of sp³-hybridized carbons (Fsp3) is 0.300. The molecule has 0 radical (unpaired) electrons. The van der Waals surface area contributed by atoms with Gasteiger partial charge in [-0.25, -0.2) is 4.39 Å². The second-order valence-corrected chi connectivity index (χ2v) is 3.46. The number of nitrogens with two attached hydrogens (primary N) is 1. The van der Waals surface area contributed by atoms with Crippen LogP contribution in [0.1, 0.15) is 11.1 Å². The zero-order chi connectivity index (χ0) is 13.2. The zero-order valence-electron chi connectivity index (χ0n) is 8.46. The van der Waals surface area contributed by atoms with Crippen LogP contribution in [0.5, 0.6) is 0 Å². The highest BCUT2D eigenvalue weighted by molar-refractivity contribution is 5.73. The van der Waals surface area contributed by atoms with Crippen molar-refractivity contribution >= 4 is 5.97 Å². The van der Waals surface area contributed by atoms with E-state index in [0.717, 1.165) is 6.07 Å². The number of aliphatic carboxylic acids is 1. The van der Waals surface area contributed by atoms with E-state index < -0.39 is 29.6 Å². The molecule has 94 valence electrons. The van der Waals surface area contributed by atoms with Crippen LogP contribution in [-0.4, -0.2) is 17.1 Å². The van der Waals surface area contributed by atoms with Crippen molar-refractivity contribution in [3.05, 3.63) is 35.1 Å². The van der Waals surface area contributed by atoms with E-state index in [-0.39, 0.29) is 12.0 Å². The van der Waals surface area contributed by atoms with Gasteiger partial charge in [0.15, 0.2) is 0 Å². The minimum atomic E-state index is -4.81. The molecule has 7 heteroatoms. The number of hydrogen-bond acceptors (Lipinski definition) is 2.